The number of anilines is 1. The van der Waals surface area contributed by atoms with E-state index in [9.17, 15) is 4.39 Å². The molecule has 0 aromatic heterocycles. The van der Waals surface area contributed by atoms with E-state index in [1.54, 1.807) is 12.1 Å². The number of amidine groups is 1. The Kier molecular flexibility index (Phi) is 3.90. The Morgan fingerprint density at radius 2 is 2.26 bits per heavy atom. The van der Waals surface area contributed by atoms with Crippen molar-refractivity contribution < 1.29 is 9.60 Å². The Morgan fingerprint density at radius 3 is 2.84 bits per heavy atom. The third-order valence-electron chi connectivity index (χ3n) is 3.59. The zero-order chi connectivity index (χ0) is 14.0. The molecule has 5 nitrogen and oxygen atoms in total. The van der Waals surface area contributed by atoms with Gasteiger partial charge in [0.05, 0.1) is 11.3 Å². The summed E-state index contributed by atoms with van der Waals surface area (Å²) in [5.41, 5.74) is 6.43. The number of nitrogens with two attached hydrogens (primary N) is 1. The molecule has 0 radical (unpaired) electrons. The first kappa shape index (κ1) is 13.6. The Morgan fingerprint density at radius 1 is 1.53 bits per heavy atom. The highest BCUT2D eigenvalue weighted by Gasteiger charge is 2.27. The van der Waals surface area contributed by atoms with E-state index in [1.165, 1.54) is 6.07 Å². The number of oxime groups is 1. The Labute approximate surface area is 112 Å². The van der Waals surface area contributed by atoms with Crippen LogP contribution in [0.15, 0.2) is 23.4 Å². The number of nitrogens with zero attached hydrogens (tertiary/aromatic N) is 3. The van der Waals surface area contributed by atoms with Crippen molar-refractivity contribution in [1.29, 1.82) is 0 Å². The molecule has 1 atom stereocenters. The van der Waals surface area contributed by atoms with E-state index in [2.05, 4.69) is 15.0 Å². The lowest BCUT2D eigenvalue weighted by Crippen LogP contribution is -2.32. The summed E-state index contributed by atoms with van der Waals surface area (Å²) in [6, 6.07) is 5.19. The maximum Gasteiger partial charge on any atom is 0.175 e. The van der Waals surface area contributed by atoms with Crippen molar-refractivity contribution in [3.05, 3.63) is 29.6 Å². The van der Waals surface area contributed by atoms with Gasteiger partial charge in [-0.15, -0.1) is 0 Å². The molecule has 104 valence electrons. The maximum absolute atomic E-state index is 13.9. The lowest BCUT2D eigenvalue weighted by molar-refractivity contribution is 0.315. The van der Waals surface area contributed by atoms with E-state index in [4.69, 9.17) is 10.9 Å². The van der Waals surface area contributed by atoms with Crippen LogP contribution in [-0.4, -0.2) is 49.2 Å². The minimum atomic E-state index is -0.471. The smallest absolute Gasteiger partial charge is 0.175 e. The largest absolute Gasteiger partial charge is 0.409 e. The van der Waals surface area contributed by atoms with Gasteiger partial charge in [-0.2, -0.15) is 0 Å². The monoisotopic (exact) mass is 266 g/mol. The number of hydrogen-bond acceptors (Lipinski definition) is 4. The topological polar surface area (TPSA) is 65.1 Å². The second-order valence-corrected chi connectivity index (χ2v) is 4.97. The summed E-state index contributed by atoms with van der Waals surface area (Å²) in [7, 11) is 4.06. The molecule has 0 amide bonds. The Bertz CT molecular complexity index is 490. The molecule has 1 aliphatic rings. The summed E-state index contributed by atoms with van der Waals surface area (Å²) in [6.45, 7) is 1.64. The second kappa shape index (κ2) is 5.44. The molecule has 0 aliphatic carbocycles. The van der Waals surface area contributed by atoms with Gasteiger partial charge in [-0.3, -0.25) is 0 Å². The van der Waals surface area contributed by atoms with Gasteiger partial charge in [-0.05, 0) is 32.6 Å². The van der Waals surface area contributed by atoms with E-state index < -0.39 is 5.82 Å². The fourth-order valence-electron chi connectivity index (χ4n) is 2.46. The third kappa shape index (κ3) is 2.63. The summed E-state index contributed by atoms with van der Waals surface area (Å²) in [5, 5.41) is 11.7. The van der Waals surface area contributed by atoms with Gasteiger partial charge in [-0.25, -0.2) is 4.39 Å². The highest BCUT2D eigenvalue weighted by Crippen LogP contribution is 2.27. The molecule has 19 heavy (non-hydrogen) atoms. The normalized spacial score (nSPS) is 20.3. The highest BCUT2D eigenvalue weighted by molar-refractivity contribution is 6.02. The van der Waals surface area contributed by atoms with E-state index in [0.29, 0.717) is 11.7 Å². The van der Waals surface area contributed by atoms with E-state index in [1.807, 2.05) is 14.1 Å². The van der Waals surface area contributed by atoms with Gasteiger partial charge in [-0.1, -0.05) is 11.2 Å². The fraction of sp³-hybridized carbons (Fsp3) is 0.462. The van der Waals surface area contributed by atoms with E-state index in [0.717, 1.165) is 19.5 Å². The lowest BCUT2D eigenvalue weighted by Gasteiger charge is -2.23. The molecule has 0 saturated carbocycles. The van der Waals surface area contributed by atoms with Crippen LogP contribution in [0.4, 0.5) is 10.1 Å². The summed E-state index contributed by atoms with van der Waals surface area (Å²) in [4.78, 5) is 4.23. The first-order chi connectivity index (χ1) is 9.04. The second-order valence-electron chi connectivity index (χ2n) is 4.97. The number of rotatable bonds is 3. The van der Waals surface area contributed by atoms with Gasteiger partial charge in [0.25, 0.3) is 0 Å². The number of hydrogen-bond donors (Lipinski definition) is 2. The van der Waals surface area contributed by atoms with Crippen LogP contribution in [0.3, 0.4) is 0 Å². The van der Waals surface area contributed by atoms with E-state index >= 15 is 0 Å². The molecule has 1 heterocycles. The van der Waals surface area contributed by atoms with Crippen LogP contribution in [0.1, 0.15) is 12.0 Å². The fourth-order valence-corrected chi connectivity index (χ4v) is 2.46. The van der Waals surface area contributed by atoms with Crippen molar-refractivity contribution in [3.8, 4) is 0 Å². The van der Waals surface area contributed by atoms with Crippen LogP contribution in [0, 0.1) is 5.82 Å². The van der Waals surface area contributed by atoms with Crippen LogP contribution in [0.25, 0.3) is 0 Å². The molecular weight excluding hydrogens is 247 g/mol. The standard InChI is InChI=1S/C13H19FN4O/c1-17(2)9-6-7-18(8-9)11-5-3-4-10(14)12(11)13(15)16-19/h3-5,9,19H,6-8H2,1-2H3,(H2,15,16). The highest BCUT2D eigenvalue weighted by atomic mass is 19.1. The van der Waals surface area contributed by atoms with Crippen LogP contribution >= 0.6 is 0 Å². The van der Waals surface area contributed by atoms with Gasteiger partial charge in [0.2, 0.25) is 0 Å². The molecule has 1 aromatic rings. The van der Waals surface area contributed by atoms with Crippen LogP contribution in [0.2, 0.25) is 0 Å². The molecule has 3 N–H and O–H groups in total. The third-order valence-corrected chi connectivity index (χ3v) is 3.59. The molecule has 1 unspecified atom stereocenters. The Hall–Kier alpha value is -1.82. The zero-order valence-electron chi connectivity index (χ0n) is 11.2. The van der Waals surface area contributed by atoms with Crippen molar-refractivity contribution >= 4 is 11.5 Å². The summed E-state index contributed by atoms with van der Waals surface area (Å²) in [6.07, 6.45) is 1.01. The first-order valence-corrected chi connectivity index (χ1v) is 6.22. The maximum atomic E-state index is 13.9. The number of benzene rings is 1. The summed E-state index contributed by atoms with van der Waals surface area (Å²) < 4.78 is 13.9. The SMILES string of the molecule is CN(C)C1CCN(c2cccc(F)c2C(N)=NO)C1. The summed E-state index contributed by atoms with van der Waals surface area (Å²) in [5.74, 6) is -0.664. The van der Waals surface area contributed by atoms with Gasteiger partial charge >= 0.3 is 0 Å². The van der Waals surface area contributed by atoms with Gasteiger partial charge in [0, 0.05) is 19.1 Å². The molecule has 1 aromatic carbocycles. The van der Waals surface area contributed by atoms with Gasteiger partial charge < -0.3 is 20.7 Å². The predicted molar refractivity (Wildman–Crippen MR) is 73.2 cm³/mol. The molecule has 1 fully saturated rings. The number of likely N-dealkylation sites (N-methyl/N-ethyl adjacent to an activating group) is 1. The van der Waals surface area contributed by atoms with Crippen molar-refractivity contribution in [2.24, 2.45) is 10.9 Å². The van der Waals surface area contributed by atoms with Crippen LogP contribution < -0.4 is 10.6 Å². The summed E-state index contributed by atoms with van der Waals surface area (Å²) >= 11 is 0. The van der Waals surface area contributed by atoms with Gasteiger partial charge in [0.1, 0.15) is 5.82 Å². The van der Waals surface area contributed by atoms with Crippen LogP contribution in [-0.2, 0) is 0 Å². The average Bonchev–Trinajstić information content (AvgIpc) is 2.87. The van der Waals surface area contributed by atoms with Crippen molar-refractivity contribution in [2.45, 2.75) is 12.5 Å². The lowest BCUT2D eigenvalue weighted by atomic mass is 10.1. The quantitative estimate of drug-likeness (QED) is 0.371. The first-order valence-electron chi connectivity index (χ1n) is 6.22. The zero-order valence-corrected chi connectivity index (χ0v) is 11.2. The molecule has 0 bridgehead atoms. The van der Waals surface area contributed by atoms with Crippen molar-refractivity contribution in [2.75, 3.05) is 32.1 Å². The van der Waals surface area contributed by atoms with Crippen molar-refractivity contribution in [3.63, 3.8) is 0 Å². The van der Waals surface area contributed by atoms with E-state index in [-0.39, 0.29) is 11.4 Å². The molecule has 2 rings (SSSR count). The molecule has 1 saturated heterocycles. The molecule has 6 heteroatoms. The number of halogens is 1. The molecule has 1 aliphatic heterocycles. The minimum absolute atomic E-state index is 0.171. The van der Waals surface area contributed by atoms with Crippen LogP contribution in [0.5, 0.6) is 0 Å². The minimum Gasteiger partial charge on any atom is -0.409 e. The van der Waals surface area contributed by atoms with Crippen molar-refractivity contribution in [1.82, 2.24) is 4.90 Å². The molecule has 0 spiro atoms. The molecular formula is C13H19FN4O. The Balaban J connectivity index is 2.33. The average molecular weight is 266 g/mol. The van der Waals surface area contributed by atoms with Gasteiger partial charge in [0.15, 0.2) is 5.84 Å². The predicted octanol–water partition coefficient (Wildman–Crippen LogP) is 1.06.